The highest BCUT2D eigenvalue weighted by Gasteiger charge is 2.32. The number of carbonyl (C=O) groups excluding carboxylic acids is 1. The van der Waals surface area contributed by atoms with E-state index in [0.29, 0.717) is 6.42 Å². The van der Waals surface area contributed by atoms with Crippen LogP contribution in [0.15, 0.2) is 0 Å². The van der Waals surface area contributed by atoms with Crippen molar-refractivity contribution >= 4 is 5.91 Å². The summed E-state index contributed by atoms with van der Waals surface area (Å²) in [6.07, 6.45) is -1.87. The number of carbonyl (C=O) groups is 1. The van der Waals surface area contributed by atoms with Crippen molar-refractivity contribution in [2.75, 3.05) is 13.1 Å². The molecule has 4 heteroatoms. The second-order valence-electron chi connectivity index (χ2n) is 2.74. The SMILES string of the molecule is CCC(=O)N1C[C@@H](O)[C@H](F)C1. The van der Waals surface area contributed by atoms with Crippen LogP contribution in [-0.4, -0.2) is 41.3 Å². The third kappa shape index (κ3) is 1.68. The Morgan fingerprint density at radius 1 is 1.73 bits per heavy atom. The summed E-state index contributed by atoms with van der Waals surface area (Å²) in [5.74, 6) is -0.0933. The number of hydrogen-bond donors (Lipinski definition) is 1. The minimum Gasteiger partial charge on any atom is -0.388 e. The first-order chi connectivity index (χ1) is 5.15. The molecule has 1 aliphatic heterocycles. The van der Waals surface area contributed by atoms with Gasteiger partial charge in [-0.15, -0.1) is 0 Å². The van der Waals surface area contributed by atoms with Crippen molar-refractivity contribution in [1.29, 1.82) is 0 Å². The molecular weight excluding hydrogens is 149 g/mol. The summed E-state index contributed by atoms with van der Waals surface area (Å²) < 4.78 is 12.6. The number of aliphatic hydroxyl groups is 1. The van der Waals surface area contributed by atoms with Gasteiger partial charge in [-0.2, -0.15) is 0 Å². The summed E-state index contributed by atoms with van der Waals surface area (Å²) in [4.78, 5) is 12.3. The van der Waals surface area contributed by atoms with Gasteiger partial charge in [0.15, 0.2) is 0 Å². The second-order valence-corrected chi connectivity index (χ2v) is 2.74. The van der Waals surface area contributed by atoms with Gasteiger partial charge in [0.2, 0.25) is 5.91 Å². The summed E-state index contributed by atoms with van der Waals surface area (Å²) in [5.41, 5.74) is 0. The van der Waals surface area contributed by atoms with Gasteiger partial charge >= 0.3 is 0 Å². The number of likely N-dealkylation sites (tertiary alicyclic amines) is 1. The topological polar surface area (TPSA) is 40.5 Å². The first kappa shape index (κ1) is 8.46. The molecule has 1 rings (SSSR count). The lowest BCUT2D eigenvalue weighted by Gasteiger charge is -2.12. The first-order valence-corrected chi connectivity index (χ1v) is 3.75. The Morgan fingerprint density at radius 3 is 2.73 bits per heavy atom. The van der Waals surface area contributed by atoms with Crippen molar-refractivity contribution < 1.29 is 14.3 Å². The van der Waals surface area contributed by atoms with Crippen LogP contribution in [0.2, 0.25) is 0 Å². The molecule has 1 fully saturated rings. The molecule has 0 aromatic rings. The van der Waals surface area contributed by atoms with Crippen molar-refractivity contribution in [3.8, 4) is 0 Å². The maximum atomic E-state index is 12.6. The molecule has 0 saturated carbocycles. The lowest BCUT2D eigenvalue weighted by Crippen LogP contribution is -2.28. The molecule has 0 spiro atoms. The Bertz CT molecular complexity index is 153. The van der Waals surface area contributed by atoms with Crippen molar-refractivity contribution in [1.82, 2.24) is 4.90 Å². The molecule has 1 heterocycles. The Kier molecular flexibility index (Phi) is 2.44. The van der Waals surface area contributed by atoms with Crippen molar-refractivity contribution in [2.45, 2.75) is 25.6 Å². The van der Waals surface area contributed by atoms with Crippen LogP contribution < -0.4 is 0 Å². The lowest BCUT2D eigenvalue weighted by atomic mass is 10.3. The van der Waals surface area contributed by atoms with Crippen LogP contribution in [0.5, 0.6) is 0 Å². The Morgan fingerprint density at radius 2 is 2.36 bits per heavy atom. The smallest absolute Gasteiger partial charge is 0.222 e. The molecule has 0 radical (unpaired) electrons. The average molecular weight is 161 g/mol. The molecular formula is C7H12FNO2. The van der Waals surface area contributed by atoms with Crippen molar-refractivity contribution in [3.05, 3.63) is 0 Å². The molecule has 1 N–H and O–H groups in total. The van der Waals surface area contributed by atoms with E-state index in [1.165, 1.54) is 4.90 Å². The monoisotopic (exact) mass is 161 g/mol. The Hall–Kier alpha value is -0.640. The zero-order valence-electron chi connectivity index (χ0n) is 6.46. The first-order valence-electron chi connectivity index (χ1n) is 3.75. The van der Waals surface area contributed by atoms with Gasteiger partial charge in [-0.25, -0.2) is 4.39 Å². The van der Waals surface area contributed by atoms with Crippen LogP contribution in [0.4, 0.5) is 4.39 Å². The molecule has 0 aromatic heterocycles. The summed E-state index contributed by atoms with van der Waals surface area (Å²) >= 11 is 0. The van der Waals surface area contributed by atoms with E-state index in [1.54, 1.807) is 6.92 Å². The van der Waals surface area contributed by atoms with Gasteiger partial charge < -0.3 is 10.0 Å². The van der Waals surface area contributed by atoms with Gasteiger partial charge in [0.25, 0.3) is 0 Å². The lowest BCUT2D eigenvalue weighted by molar-refractivity contribution is -0.130. The van der Waals surface area contributed by atoms with E-state index < -0.39 is 12.3 Å². The number of halogens is 1. The highest BCUT2D eigenvalue weighted by molar-refractivity contribution is 5.76. The fourth-order valence-electron chi connectivity index (χ4n) is 1.17. The zero-order chi connectivity index (χ0) is 8.43. The third-order valence-electron chi connectivity index (χ3n) is 1.87. The quantitative estimate of drug-likeness (QED) is 0.585. The van der Waals surface area contributed by atoms with Crippen molar-refractivity contribution in [3.63, 3.8) is 0 Å². The van der Waals surface area contributed by atoms with E-state index in [9.17, 15) is 9.18 Å². The second kappa shape index (κ2) is 3.17. The number of β-amino-alcohol motifs (C(OH)–C–C–N with tert-alkyl or cyclic N) is 1. The third-order valence-corrected chi connectivity index (χ3v) is 1.87. The van der Waals surface area contributed by atoms with E-state index in [-0.39, 0.29) is 19.0 Å². The summed E-state index contributed by atoms with van der Waals surface area (Å²) in [6.45, 7) is 1.92. The molecule has 1 amide bonds. The maximum Gasteiger partial charge on any atom is 0.222 e. The van der Waals surface area contributed by atoms with Crippen LogP contribution in [0, 0.1) is 0 Å². The highest BCUT2D eigenvalue weighted by Crippen LogP contribution is 2.13. The van der Waals surface area contributed by atoms with Crippen LogP contribution >= 0.6 is 0 Å². The molecule has 3 nitrogen and oxygen atoms in total. The molecule has 1 saturated heterocycles. The van der Waals surface area contributed by atoms with E-state index in [0.717, 1.165) is 0 Å². The van der Waals surface area contributed by atoms with Gasteiger partial charge in [0, 0.05) is 13.0 Å². The van der Waals surface area contributed by atoms with Crippen LogP contribution in [0.1, 0.15) is 13.3 Å². The molecule has 0 aliphatic carbocycles. The van der Waals surface area contributed by atoms with Gasteiger partial charge in [-0.05, 0) is 0 Å². The van der Waals surface area contributed by atoms with Crippen LogP contribution in [0.25, 0.3) is 0 Å². The fourth-order valence-corrected chi connectivity index (χ4v) is 1.17. The van der Waals surface area contributed by atoms with E-state index in [1.807, 2.05) is 0 Å². The largest absolute Gasteiger partial charge is 0.388 e. The molecule has 0 bridgehead atoms. The number of amides is 1. The number of rotatable bonds is 1. The molecule has 64 valence electrons. The Labute approximate surface area is 64.8 Å². The predicted octanol–water partition coefficient (Wildman–Crippen LogP) is -0.0624. The van der Waals surface area contributed by atoms with E-state index in [4.69, 9.17) is 5.11 Å². The number of aliphatic hydroxyl groups excluding tert-OH is 1. The van der Waals surface area contributed by atoms with Crippen LogP contribution in [0.3, 0.4) is 0 Å². The van der Waals surface area contributed by atoms with Crippen LogP contribution in [-0.2, 0) is 4.79 Å². The van der Waals surface area contributed by atoms with Crippen molar-refractivity contribution in [2.24, 2.45) is 0 Å². The summed E-state index contributed by atoms with van der Waals surface area (Å²) in [5, 5.41) is 8.94. The number of hydrogen-bond acceptors (Lipinski definition) is 2. The Balaban J connectivity index is 2.46. The van der Waals surface area contributed by atoms with Gasteiger partial charge in [-0.1, -0.05) is 6.92 Å². The predicted molar refractivity (Wildman–Crippen MR) is 37.8 cm³/mol. The maximum absolute atomic E-state index is 12.6. The molecule has 2 atom stereocenters. The standard InChI is InChI=1S/C7H12FNO2/c1-2-7(11)9-3-5(8)6(10)4-9/h5-6,10H,2-4H2,1H3/t5-,6-/m1/s1. The summed E-state index contributed by atoms with van der Waals surface area (Å²) in [6, 6.07) is 0. The zero-order valence-corrected chi connectivity index (χ0v) is 6.46. The number of nitrogens with zero attached hydrogens (tertiary/aromatic N) is 1. The minimum absolute atomic E-state index is 0.0494. The number of alkyl halides is 1. The normalized spacial score (nSPS) is 31.0. The molecule has 0 unspecified atom stereocenters. The minimum atomic E-state index is -1.26. The molecule has 11 heavy (non-hydrogen) atoms. The van der Waals surface area contributed by atoms with Gasteiger partial charge in [0.05, 0.1) is 6.54 Å². The van der Waals surface area contributed by atoms with Gasteiger partial charge in [0.1, 0.15) is 12.3 Å². The highest BCUT2D eigenvalue weighted by atomic mass is 19.1. The molecule has 1 aliphatic rings. The fraction of sp³-hybridized carbons (Fsp3) is 0.857. The average Bonchev–Trinajstić information content (AvgIpc) is 2.31. The van der Waals surface area contributed by atoms with E-state index in [2.05, 4.69) is 0 Å². The summed E-state index contributed by atoms with van der Waals surface area (Å²) in [7, 11) is 0. The van der Waals surface area contributed by atoms with Gasteiger partial charge in [-0.3, -0.25) is 4.79 Å². The van der Waals surface area contributed by atoms with E-state index >= 15 is 0 Å². The molecule has 0 aromatic carbocycles.